The van der Waals surface area contributed by atoms with E-state index in [1.54, 1.807) is 25.1 Å². The maximum atomic E-state index is 12.9. The van der Waals surface area contributed by atoms with E-state index in [1.807, 2.05) is 19.1 Å². The van der Waals surface area contributed by atoms with E-state index in [9.17, 15) is 19.2 Å². The quantitative estimate of drug-likeness (QED) is 0.458. The molecule has 0 radical (unpaired) electrons. The molecule has 5 amide bonds. The monoisotopic (exact) mass is 440 g/mol. The Labute approximate surface area is 184 Å². The molecule has 0 spiro atoms. The number of urea groups is 1. The predicted octanol–water partition coefficient (Wildman–Crippen LogP) is 1.24. The van der Waals surface area contributed by atoms with Gasteiger partial charge in [0, 0.05) is 11.6 Å². The second-order valence-electron chi connectivity index (χ2n) is 7.42. The first kappa shape index (κ1) is 22.6. The van der Waals surface area contributed by atoms with Gasteiger partial charge in [0.05, 0.1) is 14.2 Å². The number of hydrogen-bond donors (Lipinski definition) is 3. The topological polar surface area (TPSA) is 126 Å². The largest absolute Gasteiger partial charge is 0.497 e. The number of ether oxygens (including phenoxy) is 2. The highest BCUT2D eigenvalue weighted by Gasteiger charge is 2.49. The number of benzene rings is 2. The molecule has 1 atom stereocenters. The molecule has 0 bridgehead atoms. The van der Waals surface area contributed by atoms with Crippen LogP contribution in [0.2, 0.25) is 0 Å². The van der Waals surface area contributed by atoms with E-state index < -0.39 is 35.8 Å². The lowest BCUT2D eigenvalue weighted by atomic mass is 9.91. The van der Waals surface area contributed by atoms with Crippen LogP contribution in [0.3, 0.4) is 0 Å². The highest BCUT2D eigenvalue weighted by molar-refractivity contribution is 6.09. The number of nitrogens with one attached hydrogen (secondary N) is 3. The van der Waals surface area contributed by atoms with Gasteiger partial charge in [0.1, 0.15) is 23.6 Å². The Morgan fingerprint density at radius 2 is 1.59 bits per heavy atom. The molecule has 0 aliphatic carbocycles. The average molecular weight is 440 g/mol. The van der Waals surface area contributed by atoms with Gasteiger partial charge in [-0.25, -0.2) is 4.79 Å². The lowest BCUT2D eigenvalue weighted by Crippen LogP contribution is -2.48. The van der Waals surface area contributed by atoms with E-state index in [4.69, 9.17) is 9.47 Å². The molecule has 3 N–H and O–H groups in total. The number of amides is 5. The van der Waals surface area contributed by atoms with Gasteiger partial charge in [0.2, 0.25) is 0 Å². The molecule has 2 aromatic carbocycles. The zero-order valence-corrected chi connectivity index (χ0v) is 18.1. The Kier molecular flexibility index (Phi) is 6.33. The Bertz CT molecular complexity index is 1050. The van der Waals surface area contributed by atoms with Crippen molar-refractivity contribution in [3.63, 3.8) is 0 Å². The van der Waals surface area contributed by atoms with Crippen molar-refractivity contribution < 1.29 is 28.7 Å². The minimum absolute atomic E-state index is 0.184. The molecule has 168 valence electrons. The normalized spacial score (nSPS) is 17.6. The molecule has 32 heavy (non-hydrogen) atoms. The Balaban J connectivity index is 1.64. The Hall–Kier alpha value is -4.08. The highest BCUT2D eigenvalue weighted by atomic mass is 16.5. The molecular weight excluding hydrogens is 416 g/mol. The first-order valence-electron chi connectivity index (χ1n) is 9.71. The summed E-state index contributed by atoms with van der Waals surface area (Å²) in [5.74, 6) is -1.14. The van der Waals surface area contributed by atoms with E-state index in [2.05, 4.69) is 16.2 Å². The van der Waals surface area contributed by atoms with Crippen molar-refractivity contribution in [1.82, 2.24) is 21.1 Å². The lowest BCUT2D eigenvalue weighted by Gasteiger charge is -2.22. The second-order valence-corrected chi connectivity index (χ2v) is 7.42. The van der Waals surface area contributed by atoms with Gasteiger partial charge in [0.25, 0.3) is 17.7 Å². The van der Waals surface area contributed by atoms with Gasteiger partial charge in [-0.05, 0) is 31.5 Å². The lowest BCUT2D eigenvalue weighted by molar-refractivity contribution is -0.135. The molecule has 2 aromatic rings. The van der Waals surface area contributed by atoms with E-state index in [1.165, 1.54) is 26.4 Å². The zero-order valence-electron chi connectivity index (χ0n) is 18.1. The molecule has 0 aromatic heterocycles. The minimum atomic E-state index is -1.29. The number of hydrazine groups is 1. The van der Waals surface area contributed by atoms with E-state index >= 15 is 0 Å². The molecule has 0 unspecified atom stereocenters. The summed E-state index contributed by atoms with van der Waals surface area (Å²) in [5.41, 5.74) is 4.96. The van der Waals surface area contributed by atoms with Crippen LogP contribution < -0.4 is 25.6 Å². The number of hydrogen-bond acceptors (Lipinski definition) is 6. The fourth-order valence-corrected chi connectivity index (χ4v) is 3.24. The highest BCUT2D eigenvalue weighted by Crippen LogP contribution is 2.28. The van der Waals surface area contributed by atoms with Gasteiger partial charge >= 0.3 is 6.03 Å². The van der Waals surface area contributed by atoms with E-state index in [0.29, 0.717) is 17.1 Å². The molecule has 1 aliphatic rings. The second kappa shape index (κ2) is 8.96. The molecule has 1 fully saturated rings. The third kappa shape index (κ3) is 4.48. The van der Waals surface area contributed by atoms with Crippen LogP contribution in [-0.2, 0) is 15.1 Å². The van der Waals surface area contributed by atoms with Crippen LogP contribution in [0, 0.1) is 6.92 Å². The minimum Gasteiger partial charge on any atom is -0.497 e. The smallest absolute Gasteiger partial charge is 0.325 e. The maximum absolute atomic E-state index is 12.9. The van der Waals surface area contributed by atoms with Crippen LogP contribution in [0.25, 0.3) is 0 Å². The third-order valence-electron chi connectivity index (χ3n) is 5.13. The van der Waals surface area contributed by atoms with Gasteiger partial charge in [-0.15, -0.1) is 0 Å². The Morgan fingerprint density at radius 3 is 2.16 bits per heavy atom. The fraction of sp³-hybridized carbons (Fsp3) is 0.273. The summed E-state index contributed by atoms with van der Waals surface area (Å²) >= 11 is 0. The van der Waals surface area contributed by atoms with Crippen molar-refractivity contribution in [3.8, 4) is 11.5 Å². The van der Waals surface area contributed by atoms with Crippen molar-refractivity contribution in [2.75, 3.05) is 20.8 Å². The van der Waals surface area contributed by atoms with Crippen molar-refractivity contribution in [2.24, 2.45) is 0 Å². The molecule has 3 rings (SSSR count). The van der Waals surface area contributed by atoms with Gasteiger partial charge in [-0.2, -0.15) is 0 Å². The van der Waals surface area contributed by atoms with Crippen LogP contribution in [0.15, 0.2) is 42.5 Å². The number of methoxy groups -OCH3 is 2. The summed E-state index contributed by atoms with van der Waals surface area (Å²) in [6.45, 7) is 2.93. The number of aryl methyl sites for hydroxylation is 1. The molecule has 1 aliphatic heterocycles. The fourth-order valence-electron chi connectivity index (χ4n) is 3.24. The Morgan fingerprint density at radius 1 is 1.00 bits per heavy atom. The van der Waals surface area contributed by atoms with Crippen molar-refractivity contribution >= 4 is 23.8 Å². The van der Waals surface area contributed by atoms with Crippen LogP contribution in [0.5, 0.6) is 11.5 Å². The molecule has 10 nitrogen and oxygen atoms in total. The standard InChI is InChI=1S/C22H24N4O6/c1-13-5-7-15(8-6-13)22(2)20(29)26(21(30)23-22)12-18(27)24-25-19(28)14-9-16(31-3)11-17(10-14)32-4/h5-11H,12H2,1-4H3,(H,23,30)(H,24,27)(H,25,28)/t22-/m1/s1. The van der Waals surface area contributed by atoms with E-state index in [-0.39, 0.29) is 5.56 Å². The summed E-state index contributed by atoms with van der Waals surface area (Å²) in [6, 6.07) is 11.0. The molecular formula is C22H24N4O6. The van der Waals surface area contributed by atoms with Gasteiger partial charge in [-0.1, -0.05) is 29.8 Å². The summed E-state index contributed by atoms with van der Waals surface area (Å²) in [5, 5.41) is 2.63. The average Bonchev–Trinajstić information content (AvgIpc) is 3.01. The van der Waals surface area contributed by atoms with Crippen molar-refractivity contribution in [2.45, 2.75) is 19.4 Å². The molecule has 1 saturated heterocycles. The molecule has 0 saturated carbocycles. The summed E-state index contributed by atoms with van der Waals surface area (Å²) in [4.78, 5) is 50.8. The molecule has 1 heterocycles. The first-order chi connectivity index (χ1) is 15.2. The summed E-state index contributed by atoms with van der Waals surface area (Å²) in [6.07, 6.45) is 0. The van der Waals surface area contributed by atoms with Crippen LogP contribution in [0.1, 0.15) is 28.4 Å². The molecule has 10 heteroatoms. The van der Waals surface area contributed by atoms with Crippen LogP contribution >= 0.6 is 0 Å². The zero-order chi connectivity index (χ0) is 23.5. The van der Waals surface area contributed by atoms with Gasteiger partial charge < -0.3 is 14.8 Å². The van der Waals surface area contributed by atoms with Crippen LogP contribution in [0.4, 0.5) is 4.79 Å². The van der Waals surface area contributed by atoms with Gasteiger partial charge in [0.15, 0.2) is 0 Å². The number of nitrogens with zero attached hydrogens (tertiary/aromatic N) is 1. The number of rotatable bonds is 6. The number of imide groups is 1. The third-order valence-corrected chi connectivity index (χ3v) is 5.13. The number of carbonyl (C=O) groups excluding carboxylic acids is 4. The van der Waals surface area contributed by atoms with Crippen LogP contribution in [-0.4, -0.2) is 49.4 Å². The van der Waals surface area contributed by atoms with E-state index in [0.717, 1.165) is 10.5 Å². The summed E-state index contributed by atoms with van der Waals surface area (Å²) < 4.78 is 10.2. The first-order valence-corrected chi connectivity index (χ1v) is 9.71. The SMILES string of the molecule is COc1cc(OC)cc(C(=O)NNC(=O)CN2C(=O)N[C@](C)(c3ccc(C)cc3)C2=O)c1. The summed E-state index contributed by atoms with van der Waals surface area (Å²) in [7, 11) is 2.89. The van der Waals surface area contributed by atoms with Gasteiger partial charge in [-0.3, -0.25) is 30.1 Å². The van der Waals surface area contributed by atoms with Crippen molar-refractivity contribution in [3.05, 3.63) is 59.2 Å². The van der Waals surface area contributed by atoms with Crippen molar-refractivity contribution in [1.29, 1.82) is 0 Å². The predicted molar refractivity (Wildman–Crippen MR) is 114 cm³/mol. The number of carbonyl (C=O) groups is 4. The maximum Gasteiger partial charge on any atom is 0.325 e.